The summed E-state index contributed by atoms with van der Waals surface area (Å²) < 4.78 is 27.3. The molecular weight excluding hydrogens is 507 g/mol. The predicted molar refractivity (Wildman–Crippen MR) is 141 cm³/mol. The molecule has 0 spiro atoms. The van der Waals surface area contributed by atoms with Crippen molar-refractivity contribution in [2.24, 2.45) is 5.92 Å². The molecular formula is C29H22ClFN4O3. The fraction of sp³-hybridized carbons (Fsp3) is 0.207. The number of imidazole rings is 1. The van der Waals surface area contributed by atoms with E-state index in [2.05, 4.69) is 37.7 Å². The van der Waals surface area contributed by atoms with Crippen LogP contribution in [0.1, 0.15) is 52.3 Å². The zero-order valence-corrected chi connectivity index (χ0v) is 21.2. The first-order chi connectivity index (χ1) is 18.4. The summed E-state index contributed by atoms with van der Waals surface area (Å²) in [5.41, 5.74) is 8.37. The van der Waals surface area contributed by atoms with Crippen molar-refractivity contribution in [2.75, 3.05) is 0 Å². The quantitative estimate of drug-likeness (QED) is 0.311. The SMILES string of the molecule is Cc1nc2cc(Cl)ccn2c1Cc1ccc2c(c1)COc1cc(F)ccc1/C2=C(/c1noc(=O)[nH]1)C1CC1. The van der Waals surface area contributed by atoms with Gasteiger partial charge in [0.25, 0.3) is 0 Å². The van der Waals surface area contributed by atoms with E-state index in [9.17, 15) is 9.18 Å². The molecule has 7 rings (SSSR count). The minimum atomic E-state index is -0.608. The Kier molecular flexibility index (Phi) is 5.26. The van der Waals surface area contributed by atoms with Crippen LogP contribution in [0, 0.1) is 18.7 Å². The van der Waals surface area contributed by atoms with Gasteiger partial charge in [-0.3, -0.25) is 9.51 Å². The average molecular weight is 529 g/mol. The molecule has 9 heteroatoms. The van der Waals surface area contributed by atoms with E-state index in [1.165, 1.54) is 12.1 Å². The lowest BCUT2D eigenvalue weighted by molar-refractivity contribution is 0.305. The number of halogens is 2. The normalized spacial score (nSPS) is 16.1. The zero-order chi connectivity index (χ0) is 26.0. The number of H-pyrrole nitrogens is 1. The number of aryl methyl sites for hydroxylation is 1. The Morgan fingerprint density at radius 2 is 2.00 bits per heavy atom. The molecule has 0 radical (unpaired) electrons. The van der Waals surface area contributed by atoms with Gasteiger partial charge >= 0.3 is 5.76 Å². The third-order valence-corrected chi connectivity index (χ3v) is 7.48. The van der Waals surface area contributed by atoms with Gasteiger partial charge in [0, 0.05) is 52.2 Å². The third-order valence-electron chi connectivity index (χ3n) is 7.24. The maximum Gasteiger partial charge on any atom is 0.439 e. The highest BCUT2D eigenvalue weighted by Crippen LogP contribution is 2.49. The van der Waals surface area contributed by atoms with Crippen molar-refractivity contribution in [1.82, 2.24) is 19.5 Å². The largest absolute Gasteiger partial charge is 0.488 e. The lowest BCUT2D eigenvalue weighted by Gasteiger charge is -2.16. The first-order valence-corrected chi connectivity index (χ1v) is 12.8. The number of fused-ring (bicyclic) bond motifs is 3. The van der Waals surface area contributed by atoms with Crippen LogP contribution >= 0.6 is 11.6 Å². The number of aromatic nitrogens is 4. The van der Waals surface area contributed by atoms with E-state index in [0.717, 1.165) is 63.3 Å². The highest BCUT2D eigenvalue weighted by molar-refractivity contribution is 6.30. The first-order valence-electron chi connectivity index (χ1n) is 12.4. The summed E-state index contributed by atoms with van der Waals surface area (Å²) in [6.07, 6.45) is 4.53. The minimum Gasteiger partial charge on any atom is -0.488 e. The lowest BCUT2D eigenvalue weighted by Crippen LogP contribution is -2.03. The molecule has 0 amide bonds. The van der Waals surface area contributed by atoms with Crippen molar-refractivity contribution < 1.29 is 13.7 Å². The Morgan fingerprint density at radius 1 is 1.16 bits per heavy atom. The molecule has 38 heavy (non-hydrogen) atoms. The predicted octanol–water partition coefficient (Wildman–Crippen LogP) is 5.96. The molecule has 5 aromatic rings. The number of pyridine rings is 1. The molecule has 7 nitrogen and oxygen atoms in total. The number of benzene rings is 2. The minimum absolute atomic E-state index is 0.210. The number of hydrogen-bond acceptors (Lipinski definition) is 5. The summed E-state index contributed by atoms with van der Waals surface area (Å²) in [7, 11) is 0. The number of nitrogens with one attached hydrogen (secondary N) is 1. The van der Waals surface area contributed by atoms with E-state index < -0.39 is 5.76 Å². The van der Waals surface area contributed by atoms with Gasteiger partial charge in [-0.25, -0.2) is 14.2 Å². The molecule has 2 aromatic carbocycles. The Balaban J connectivity index is 1.39. The van der Waals surface area contributed by atoms with Crippen LogP contribution in [0.15, 0.2) is 64.0 Å². The van der Waals surface area contributed by atoms with Gasteiger partial charge in [-0.2, -0.15) is 0 Å². The van der Waals surface area contributed by atoms with Crippen molar-refractivity contribution in [1.29, 1.82) is 0 Å². The van der Waals surface area contributed by atoms with Gasteiger partial charge in [-0.05, 0) is 60.6 Å². The summed E-state index contributed by atoms with van der Waals surface area (Å²) in [6, 6.07) is 14.6. The number of allylic oxidation sites excluding steroid dienone is 1. The van der Waals surface area contributed by atoms with E-state index in [0.29, 0.717) is 23.0 Å². The van der Waals surface area contributed by atoms with E-state index >= 15 is 0 Å². The smallest absolute Gasteiger partial charge is 0.439 e. The van der Waals surface area contributed by atoms with E-state index in [-0.39, 0.29) is 18.3 Å². The summed E-state index contributed by atoms with van der Waals surface area (Å²) in [4.78, 5) is 19.3. The first kappa shape index (κ1) is 23.0. The van der Waals surface area contributed by atoms with Crippen molar-refractivity contribution in [3.63, 3.8) is 0 Å². The Morgan fingerprint density at radius 3 is 2.79 bits per heavy atom. The molecule has 0 atom stereocenters. The summed E-state index contributed by atoms with van der Waals surface area (Å²) in [6.45, 7) is 2.27. The van der Waals surface area contributed by atoms with Gasteiger partial charge in [-0.15, -0.1) is 0 Å². The second kappa shape index (κ2) is 8.70. The van der Waals surface area contributed by atoms with Crippen molar-refractivity contribution in [3.8, 4) is 5.75 Å². The molecule has 1 saturated carbocycles. The average Bonchev–Trinajstić information content (AvgIpc) is 3.60. The second-order valence-corrected chi connectivity index (χ2v) is 10.3. The maximum atomic E-state index is 14.3. The van der Waals surface area contributed by atoms with Crippen molar-refractivity contribution >= 4 is 28.4 Å². The van der Waals surface area contributed by atoms with Gasteiger partial charge in [0.1, 0.15) is 23.8 Å². The Bertz CT molecular complexity index is 1830. The molecule has 1 N–H and O–H groups in total. The van der Waals surface area contributed by atoms with E-state index in [1.54, 1.807) is 6.07 Å². The third kappa shape index (κ3) is 3.92. The summed E-state index contributed by atoms with van der Waals surface area (Å²) in [5, 5.41) is 4.67. The molecule has 2 aliphatic rings. The van der Waals surface area contributed by atoms with E-state index in [4.69, 9.17) is 20.9 Å². The van der Waals surface area contributed by atoms with Crippen LogP contribution in [0.4, 0.5) is 4.39 Å². The fourth-order valence-corrected chi connectivity index (χ4v) is 5.52. The highest BCUT2D eigenvalue weighted by atomic mass is 35.5. The van der Waals surface area contributed by atoms with Crippen LogP contribution < -0.4 is 10.5 Å². The van der Waals surface area contributed by atoms with Gasteiger partial charge < -0.3 is 9.14 Å². The van der Waals surface area contributed by atoms with Crippen LogP contribution in [-0.4, -0.2) is 19.5 Å². The van der Waals surface area contributed by atoms with Crippen LogP contribution in [0.2, 0.25) is 5.02 Å². The summed E-state index contributed by atoms with van der Waals surface area (Å²) in [5.74, 6) is 0.0850. The molecule has 1 aliphatic heterocycles. The molecule has 1 aliphatic carbocycles. The van der Waals surface area contributed by atoms with Gasteiger partial charge in [0.15, 0.2) is 5.82 Å². The van der Waals surface area contributed by atoms with Crippen LogP contribution in [0.5, 0.6) is 5.75 Å². The maximum absolute atomic E-state index is 14.3. The molecule has 1 fully saturated rings. The highest BCUT2D eigenvalue weighted by Gasteiger charge is 2.35. The fourth-order valence-electron chi connectivity index (χ4n) is 5.36. The van der Waals surface area contributed by atoms with Crippen LogP contribution in [0.3, 0.4) is 0 Å². The summed E-state index contributed by atoms with van der Waals surface area (Å²) >= 11 is 6.17. The topological polar surface area (TPSA) is 85.4 Å². The van der Waals surface area contributed by atoms with Crippen molar-refractivity contribution in [2.45, 2.75) is 32.8 Å². The lowest BCUT2D eigenvalue weighted by atomic mass is 9.87. The standard InChI is InChI=1S/C29H22ClFN4O3/c1-15-23(35-9-8-19(30)12-25(35)32-15)11-16-2-6-21-18(10-16)14-37-24-13-20(31)5-7-22(24)27(21)26(17-3-4-17)28-33-29(36)38-34-28/h2,5-10,12-13,17H,3-4,11,14H2,1H3,(H,33,34,36)/b27-26+. The second-order valence-electron chi connectivity index (χ2n) is 9.82. The number of hydrogen-bond donors (Lipinski definition) is 1. The Labute approximate surface area is 221 Å². The zero-order valence-electron chi connectivity index (χ0n) is 20.4. The van der Waals surface area contributed by atoms with Gasteiger partial charge in [0.2, 0.25) is 0 Å². The van der Waals surface area contributed by atoms with Gasteiger partial charge in [-0.1, -0.05) is 35.0 Å². The number of aromatic amines is 1. The number of rotatable bonds is 4. The van der Waals surface area contributed by atoms with Crippen LogP contribution in [0.25, 0.3) is 16.8 Å². The molecule has 0 unspecified atom stereocenters. The van der Waals surface area contributed by atoms with E-state index in [1.807, 2.05) is 25.3 Å². The molecule has 190 valence electrons. The molecule has 0 bridgehead atoms. The van der Waals surface area contributed by atoms with Crippen molar-refractivity contribution in [3.05, 3.63) is 116 Å². The molecule has 3 aromatic heterocycles. The molecule has 0 saturated heterocycles. The number of ether oxygens (including phenoxy) is 1. The monoisotopic (exact) mass is 528 g/mol. The molecule has 4 heterocycles. The number of nitrogens with zero attached hydrogens (tertiary/aromatic N) is 3. The van der Waals surface area contributed by atoms with Crippen LogP contribution in [-0.2, 0) is 13.0 Å². The van der Waals surface area contributed by atoms with Gasteiger partial charge in [0.05, 0.1) is 5.69 Å². The Hall–Kier alpha value is -4.17.